The third-order valence-electron chi connectivity index (χ3n) is 3.37. The van der Waals surface area contributed by atoms with Crippen molar-refractivity contribution in [2.75, 3.05) is 0 Å². The number of phenols is 1. The van der Waals surface area contributed by atoms with E-state index in [2.05, 4.69) is 13.8 Å². The minimum Gasteiger partial charge on any atom is -0.508 e. The first-order chi connectivity index (χ1) is 11.5. The molecule has 25 heavy (non-hydrogen) atoms. The molecule has 1 aromatic carbocycles. The molecule has 0 aliphatic carbocycles. The van der Waals surface area contributed by atoms with Gasteiger partial charge in [-0.3, -0.25) is 9.11 Å². The highest BCUT2D eigenvalue weighted by atomic mass is 32.2. The summed E-state index contributed by atoms with van der Waals surface area (Å²) in [5.74, 6) is -2.24. The molecule has 3 N–H and O–H groups in total. The maximum absolute atomic E-state index is 10.7. The van der Waals surface area contributed by atoms with Crippen molar-refractivity contribution < 1.29 is 31.0 Å². The standard InChI is InChI=1S/C8H10O7S2.C8H18/c9-8-3-1-2-6(4-16(10,11)12)7(8)5-17(13,14)15;1-3-5-7-8-6-4-2/h1-3,9H,4-5H2,(H,10,11,12)(H,13,14,15);3-8H2,1-2H3. The van der Waals surface area contributed by atoms with Crippen molar-refractivity contribution in [3.63, 3.8) is 0 Å². The Labute approximate surface area is 150 Å². The van der Waals surface area contributed by atoms with E-state index in [-0.39, 0.29) is 11.1 Å². The molecule has 0 aliphatic heterocycles. The molecule has 146 valence electrons. The van der Waals surface area contributed by atoms with Gasteiger partial charge in [0.15, 0.2) is 0 Å². The van der Waals surface area contributed by atoms with Crippen LogP contribution >= 0.6 is 0 Å². The molecular formula is C16H28O7S2. The lowest BCUT2D eigenvalue weighted by Crippen LogP contribution is -2.08. The summed E-state index contributed by atoms with van der Waals surface area (Å²) in [6.07, 6.45) is 8.49. The van der Waals surface area contributed by atoms with Gasteiger partial charge in [0.1, 0.15) is 17.3 Å². The molecular weight excluding hydrogens is 368 g/mol. The summed E-state index contributed by atoms with van der Waals surface area (Å²) >= 11 is 0. The second-order valence-corrected chi connectivity index (χ2v) is 8.69. The van der Waals surface area contributed by atoms with Gasteiger partial charge in [-0.2, -0.15) is 16.8 Å². The molecule has 0 aromatic heterocycles. The van der Waals surface area contributed by atoms with E-state index >= 15 is 0 Å². The van der Waals surface area contributed by atoms with Gasteiger partial charge in [-0.15, -0.1) is 0 Å². The molecule has 0 aliphatic rings. The lowest BCUT2D eigenvalue weighted by molar-refractivity contribution is 0.459. The summed E-state index contributed by atoms with van der Waals surface area (Å²) in [5.41, 5.74) is -0.349. The number of hydrogen-bond acceptors (Lipinski definition) is 5. The number of benzene rings is 1. The fourth-order valence-electron chi connectivity index (χ4n) is 2.16. The van der Waals surface area contributed by atoms with Gasteiger partial charge in [-0.1, -0.05) is 64.5 Å². The summed E-state index contributed by atoms with van der Waals surface area (Å²) in [5, 5.41) is 9.40. The van der Waals surface area contributed by atoms with E-state index < -0.39 is 37.5 Å². The maximum Gasteiger partial charge on any atom is 0.269 e. The van der Waals surface area contributed by atoms with Crippen molar-refractivity contribution in [3.05, 3.63) is 29.3 Å². The van der Waals surface area contributed by atoms with Crippen LogP contribution < -0.4 is 0 Å². The van der Waals surface area contributed by atoms with Crippen LogP contribution in [0.15, 0.2) is 18.2 Å². The molecule has 1 rings (SSSR count). The summed E-state index contributed by atoms with van der Waals surface area (Å²) in [6, 6.07) is 3.67. The van der Waals surface area contributed by atoms with Crippen LogP contribution in [0.4, 0.5) is 0 Å². The Balaban J connectivity index is 0.000000609. The van der Waals surface area contributed by atoms with Crippen LogP contribution in [0.3, 0.4) is 0 Å². The summed E-state index contributed by atoms with van der Waals surface area (Å²) in [6.45, 7) is 4.51. The number of rotatable bonds is 9. The lowest BCUT2D eigenvalue weighted by atomic mass is 10.1. The highest BCUT2D eigenvalue weighted by Gasteiger charge is 2.18. The van der Waals surface area contributed by atoms with Crippen molar-refractivity contribution >= 4 is 20.2 Å². The molecule has 0 fully saturated rings. The molecule has 0 heterocycles. The van der Waals surface area contributed by atoms with E-state index in [1.807, 2.05) is 0 Å². The Morgan fingerprint density at radius 2 is 1.28 bits per heavy atom. The fourth-order valence-corrected chi connectivity index (χ4v) is 3.52. The minimum absolute atomic E-state index is 0.0925. The van der Waals surface area contributed by atoms with Crippen LogP contribution in [0.2, 0.25) is 0 Å². The van der Waals surface area contributed by atoms with Crippen LogP contribution in [0, 0.1) is 0 Å². The predicted octanol–water partition coefficient (Wildman–Crippen LogP) is 3.53. The average Bonchev–Trinajstić information content (AvgIpc) is 2.46. The first-order valence-corrected chi connectivity index (χ1v) is 11.4. The number of phenolic OH excluding ortho intramolecular Hbond substituents is 1. The average molecular weight is 397 g/mol. The highest BCUT2D eigenvalue weighted by Crippen LogP contribution is 2.24. The zero-order valence-corrected chi connectivity index (χ0v) is 16.3. The number of aromatic hydroxyl groups is 1. The number of hydrogen-bond donors (Lipinski definition) is 3. The van der Waals surface area contributed by atoms with Gasteiger partial charge in [0.2, 0.25) is 0 Å². The molecule has 0 saturated heterocycles. The topological polar surface area (TPSA) is 129 Å². The van der Waals surface area contributed by atoms with Crippen LogP contribution in [0.1, 0.15) is 63.5 Å². The normalized spacial score (nSPS) is 11.7. The van der Waals surface area contributed by atoms with E-state index in [0.29, 0.717) is 0 Å². The lowest BCUT2D eigenvalue weighted by Gasteiger charge is -2.08. The van der Waals surface area contributed by atoms with E-state index in [1.165, 1.54) is 50.7 Å². The Kier molecular flexibility index (Phi) is 10.9. The zero-order chi connectivity index (χ0) is 19.5. The van der Waals surface area contributed by atoms with Gasteiger partial charge < -0.3 is 5.11 Å². The Morgan fingerprint density at radius 3 is 1.68 bits per heavy atom. The third kappa shape index (κ3) is 12.8. The highest BCUT2D eigenvalue weighted by molar-refractivity contribution is 7.85. The van der Waals surface area contributed by atoms with Crippen molar-refractivity contribution in [1.82, 2.24) is 0 Å². The minimum atomic E-state index is -4.41. The predicted molar refractivity (Wildman–Crippen MR) is 97.7 cm³/mol. The molecule has 0 saturated carbocycles. The van der Waals surface area contributed by atoms with Gasteiger partial charge in [0, 0.05) is 5.56 Å². The molecule has 9 heteroatoms. The largest absolute Gasteiger partial charge is 0.508 e. The SMILES string of the molecule is CCCCCCCC.O=S(=O)(O)Cc1cccc(O)c1CS(=O)(=O)O. The van der Waals surface area contributed by atoms with Crippen molar-refractivity contribution in [2.24, 2.45) is 0 Å². The Hall–Kier alpha value is -1.16. The van der Waals surface area contributed by atoms with Crippen molar-refractivity contribution in [2.45, 2.75) is 63.9 Å². The molecule has 0 atom stereocenters. The maximum atomic E-state index is 10.7. The molecule has 0 amide bonds. The Morgan fingerprint density at radius 1 is 0.800 bits per heavy atom. The molecule has 0 radical (unpaired) electrons. The molecule has 0 bridgehead atoms. The van der Waals surface area contributed by atoms with E-state index in [4.69, 9.17) is 9.11 Å². The number of unbranched alkanes of at least 4 members (excludes halogenated alkanes) is 5. The van der Waals surface area contributed by atoms with Gasteiger partial charge in [0.25, 0.3) is 20.2 Å². The van der Waals surface area contributed by atoms with Gasteiger partial charge in [-0.25, -0.2) is 0 Å². The first-order valence-electron chi connectivity index (χ1n) is 8.20. The van der Waals surface area contributed by atoms with E-state index in [9.17, 15) is 21.9 Å². The molecule has 0 unspecified atom stereocenters. The summed E-state index contributed by atoms with van der Waals surface area (Å²) < 4.78 is 60.1. The second kappa shape index (κ2) is 11.5. The first kappa shape index (κ1) is 23.8. The molecule has 0 spiro atoms. The van der Waals surface area contributed by atoms with E-state index in [1.54, 1.807) is 0 Å². The van der Waals surface area contributed by atoms with Gasteiger partial charge >= 0.3 is 0 Å². The fraction of sp³-hybridized carbons (Fsp3) is 0.625. The van der Waals surface area contributed by atoms with Crippen molar-refractivity contribution in [3.8, 4) is 5.75 Å². The van der Waals surface area contributed by atoms with Gasteiger partial charge in [0.05, 0.1) is 0 Å². The smallest absolute Gasteiger partial charge is 0.269 e. The quantitative estimate of drug-likeness (QED) is 0.430. The third-order valence-corrected chi connectivity index (χ3v) is 4.70. The zero-order valence-electron chi connectivity index (χ0n) is 14.7. The van der Waals surface area contributed by atoms with Crippen LogP contribution in [0.5, 0.6) is 5.75 Å². The summed E-state index contributed by atoms with van der Waals surface area (Å²) in [7, 11) is -8.77. The van der Waals surface area contributed by atoms with Crippen LogP contribution in [0.25, 0.3) is 0 Å². The summed E-state index contributed by atoms with van der Waals surface area (Å²) in [4.78, 5) is 0. The van der Waals surface area contributed by atoms with Gasteiger partial charge in [-0.05, 0) is 11.6 Å². The Bertz CT molecular complexity index is 704. The van der Waals surface area contributed by atoms with Crippen LogP contribution in [-0.4, -0.2) is 31.0 Å². The molecule has 7 nitrogen and oxygen atoms in total. The monoisotopic (exact) mass is 396 g/mol. The van der Waals surface area contributed by atoms with E-state index in [0.717, 1.165) is 6.07 Å². The van der Waals surface area contributed by atoms with Crippen molar-refractivity contribution in [1.29, 1.82) is 0 Å². The van der Waals surface area contributed by atoms with Crippen LogP contribution in [-0.2, 0) is 31.7 Å². The molecule has 1 aromatic rings. The second-order valence-electron chi connectivity index (χ2n) is 5.78.